The van der Waals surface area contributed by atoms with Crippen LogP contribution < -0.4 is 9.55 Å². The second kappa shape index (κ2) is 45.4. The Morgan fingerprint density at radius 1 is 0.298 bits per heavy atom. The second-order valence-electron chi connectivity index (χ2n) is 31.3. The van der Waals surface area contributed by atoms with Crippen molar-refractivity contribution in [2.45, 2.75) is 362 Å². The molecule has 2 aromatic carbocycles. The van der Waals surface area contributed by atoms with Gasteiger partial charge >= 0.3 is 38.1 Å². The first-order valence-electron chi connectivity index (χ1n) is 40.8. The van der Waals surface area contributed by atoms with E-state index >= 15 is 0 Å². The van der Waals surface area contributed by atoms with E-state index in [0.717, 1.165) is 102 Å². The third-order valence-corrected chi connectivity index (χ3v) is 27.3. The van der Waals surface area contributed by atoms with Gasteiger partial charge in [-0.1, -0.05) is 259 Å². The Morgan fingerprint density at radius 3 is 0.692 bits per heavy atom. The number of halogens is 2. The van der Waals surface area contributed by atoms with E-state index in [-0.39, 0.29) is 11.9 Å². The molecule has 2 fully saturated rings. The fraction of sp³-hybridized carbons (Fsp3) is 0.714. The molecule has 0 amide bonds. The van der Waals surface area contributed by atoms with Gasteiger partial charge in [-0.05, 0) is 137 Å². The Kier molecular flexibility index (Phi) is 38.6. The molecule has 20 heteroatoms. The van der Waals surface area contributed by atoms with E-state index in [1.54, 1.807) is 0 Å². The summed E-state index contributed by atoms with van der Waals surface area (Å²) in [5.41, 5.74) is -0.231. The van der Waals surface area contributed by atoms with Crippen LogP contribution in [0.25, 0.3) is 40.3 Å². The smallest absolute Gasteiger partial charge is 0.462 e. The summed E-state index contributed by atoms with van der Waals surface area (Å²) in [7, 11) is -1.31. The van der Waals surface area contributed by atoms with Crippen molar-refractivity contribution in [3.63, 3.8) is 0 Å². The molecule has 2 aliphatic heterocycles. The zero-order valence-electron chi connectivity index (χ0n) is 65.9. The van der Waals surface area contributed by atoms with Gasteiger partial charge in [0.25, 0.3) is 0 Å². The van der Waals surface area contributed by atoms with Gasteiger partial charge in [-0.2, -0.15) is 0 Å². The first kappa shape index (κ1) is 88.3. The maximum atomic E-state index is 14.4. The maximum absolute atomic E-state index is 14.4. The van der Waals surface area contributed by atoms with Crippen molar-refractivity contribution < 1.29 is 56.7 Å². The van der Waals surface area contributed by atoms with E-state index in [0.29, 0.717) is 68.9 Å². The molecule has 0 bridgehead atoms. The van der Waals surface area contributed by atoms with Crippen LogP contribution in [0.1, 0.15) is 381 Å². The number of unbranched alkanes of at least 4 members (excludes halogenated alkanes) is 36. The zero-order valence-corrected chi connectivity index (χ0v) is 72.3. The van der Waals surface area contributed by atoms with Crippen molar-refractivity contribution in [2.24, 2.45) is 0 Å². The van der Waals surface area contributed by atoms with Crippen molar-refractivity contribution >= 4 is 165 Å². The lowest BCUT2D eigenvalue weighted by molar-refractivity contribution is 0.00578. The predicted molar refractivity (Wildman–Crippen MR) is 450 cm³/mol. The summed E-state index contributed by atoms with van der Waals surface area (Å²) in [6.07, 6.45) is 48.7. The van der Waals surface area contributed by atoms with E-state index in [9.17, 15) is 19.2 Å². The quantitative estimate of drug-likeness (QED) is 0.0155. The standard InChI is InChI=1S/C48H76B2O8S2.C36H52Br2O4S2/c1-11-13-15-17-19-21-23-25-27-29-31-53-43(51)39-35-33-37(49-55-45(3,4)46(5,6)56-49)60-42(35)40(44(52)54-32-30-28-26-24-22-20-18-16-14-12-2)36-34-38(59-41(36)39)50-57-47(7,8)48(9,10)58-50;1-3-5-7-9-11-13-15-17-19-21-23-41-35(39)31-27-25-29(37)44-34(27)32(28-26-30(38)43-33(28)31)36(40)42-24-22-20-18-16-14-12-10-8-6-4-2/h33-34H,11-32H2,1-10H3;25-26H,3-24H2,1-2H3. The van der Waals surface area contributed by atoms with Crippen molar-refractivity contribution in [2.75, 3.05) is 26.4 Å². The van der Waals surface area contributed by atoms with Crippen LogP contribution in [0.5, 0.6) is 0 Å². The molecule has 2 aliphatic rings. The van der Waals surface area contributed by atoms with Crippen LogP contribution >= 0.6 is 77.2 Å². The largest absolute Gasteiger partial charge is 0.505 e. The molecule has 0 unspecified atom stereocenters. The lowest BCUT2D eigenvalue weighted by Crippen LogP contribution is -2.41. The van der Waals surface area contributed by atoms with E-state index in [1.807, 2.05) is 79.7 Å². The molecule has 0 aliphatic carbocycles. The number of fused-ring (bicyclic) bond motifs is 4. The zero-order chi connectivity index (χ0) is 75.1. The van der Waals surface area contributed by atoms with Gasteiger partial charge in [0.15, 0.2) is 0 Å². The minimum atomic E-state index is -0.656. The monoisotopic (exact) mass is 1640 g/mol. The topological polar surface area (TPSA) is 142 Å². The molecule has 2 saturated heterocycles. The van der Waals surface area contributed by atoms with Gasteiger partial charge in [-0.15, -0.1) is 45.3 Å². The highest BCUT2D eigenvalue weighted by Gasteiger charge is 2.54. The third kappa shape index (κ3) is 26.1. The molecular weight excluding hydrogens is 1510 g/mol. The van der Waals surface area contributed by atoms with Gasteiger partial charge in [0, 0.05) is 40.5 Å². The number of thiophene rings is 4. The molecule has 104 heavy (non-hydrogen) atoms. The normalized spacial score (nSPS) is 15.2. The van der Waals surface area contributed by atoms with Crippen LogP contribution in [0.4, 0.5) is 0 Å². The van der Waals surface area contributed by atoms with Gasteiger partial charge in [-0.25, -0.2) is 19.2 Å². The Hall–Kier alpha value is -2.91. The Labute approximate surface area is 659 Å². The molecule has 12 nitrogen and oxygen atoms in total. The SMILES string of the molecule is CCCCCCCCCCCCOC(=O)c1c2cc(B3OC(C)(C)C(C)(C)O3)sc2c(C(=O)OCCCCCCCCCCCC)c2cc(B3OC(C)(C)C(C)(C)O3)sc12.CCCCCCCCCCCCOC(=O)c1c2cc(Br)sc2c(C(=O)OCCCCCCCCCCCC)c2cc(Br)sc12. The minimum absolute atomic E-state index is 0.319. The molecular formula is C84H128B2Br2O12S4. The fourth-order valence-electron chi connectivity index (χ4n) is 13.8. The Bertz CT molecular complexity index is 3220. The average molecular weight is 1640 g/mol. The number of esters is 4. The summed E-state index contributed by atoms with van der Waals surface area (Å²) >= 11 is 13.0. The summed E-state index contributed by atoms with van der Waals surface area (Å²) in [5.74, 6) is -1.43. The maximum Gasteiger partial charge on any atom is 0.505 e. The molecule has 0 spiro atoms. The summed E-state index contributed by atoms with van der Waals surface area (Å²) in [6.45, 7) is 26.7. The molecule has 4 aromatic heterocycles. The lowest BCUT2D eigenvalue weighted by Gasteiger charge is -2.32. The molecule has 6 heterocycles. The van der Waals surface area contributed by atoms with Crippen molar-refractivity contribution in [1.82, 2.24) is 0 Å². The number of ether oxygens (including phenoxy) is 4. The highest BCUT2D eigenvalue weighted by Crippen LogP contribution is 2.47. The van der Waals surface area contributed by atoms with E-state index < -0.39 is 48.6 Å². The fourth-order valence-corrected chi connectivity index (χ4v) is 19.4. The van der Waals surface area contributed by atoms with Crippen molar-refractivity contribution in [3.05, 3.63) is 54.1 Å². The number of rotatable bonds is 50. The lowest BCUT2D eigenvalue weighted by atomic mass is 9.86. The molecule has 8 rings (SSSR count). The predicted octanol–water partition coefficient (Wildman–Crippen LogP) is 26.7. The van der Waals surface area contributed by atoms with Crippen LogP contribution in [-0.2, 0) is 37.6 Å². The minimum Gasteiger partial charge on any atom is -0.462 e. The first-order chi connectivity index (χ1) is 50.0. The van der Waals surface area contributed by atoms with Gasteiger partial charge in [0.05, 0.1) is 88.1 Å². The van der Waals surface area contributed by atoms with Crippen LogP contribution in [0.15, 0.2) is 31.8 Å². The number of hydrogen-bond acceptors (Lipinski definition) is 16. The van der Waals surface area contributed by atoms with Crippen LogP contribution in [-0.4, -0.2) is 86.9 Å². The molecule has 0 N–H and O–H groups in total. The summed E-state index contributed by atoms with van der Waals surface area (Å²) in [5, 5.41) is 2.81. The summed E-state index contributed by atoms with van der Waals surface area (Å²) in [4.78, 5) is 55.8. The van der Waals surface area contributed by atoms with Crippen LogP contribution in [0.3, 0.4) is 0 Å². The first-order valence-corrected chi connectivity index (χ1v) is 45.6. The number of benzene rings is 2. The third-order valence-electron chi connectivity index (χ3n) is 21.6. The molecule has 580 valence electrons. The van der Waals surface area contributed by atoms with Gasteiger partial charge in [0.2, 0.25) is 0 Å². The number of carbonyl (C=O) groups excluding carboxylic acids is 4. The Balaban J connectivity index is 0.000000305. The van der Waals surface area contributed by atoms with E-state index in [2.05, 4.69) is 59.6 Å². The summed E-state index contributed by atoms with van der Waals surface area (Å²) in [6, 6.07) is 7.80. The number of hydrogen-bond donors (Lipinski definition) is 0. The van der Waals surface area contributed by atoms with Gasteiger partial charge in [-0.3, -0.25) is 0 Å². The Morgan fingerprint density at radius 2 is 0.481 bits per heavy atom. The molecule has 0 atom stereocenters. The average Bonchev–Trinajstić information content (AvgIpc) is 1.46. The van der Waals surface area contributed by atoms with Crippen molar-refractivity contribution in [3.8, 4) is 0 Å². The molecule has 6 aromatic rings. The molecule has 0 saturated carbocycles. The van der Waals surface area contributed by atoms with Gasteiger partial charge in [0.1, 0.15) is 0 Å². The van der Waals surface area contributed by atoms with Crippen molar-refractivity contribution in [1.29, 1.82) is 0 Å². The second-order valence-corrected chi connectivity index (χ2v) is 38.3. The van der Waals surface area contributed by atoms with E-state index in [1.165, 1.54) is 238 Å². The highest BCUT2D eigenvalue weighted by atomic mass is 79.9. The van der Waals surface area contributed by atoms with Crippen LogP contribution in [0.2, 0.25) is 0 Å². The van der Waals surface area contributed by atoms with Gasteiger partial charge < -0.3 is 37.6 Å². The van der Waals surface area contributed by atoms with Crippen LogP contribution in [0, 0.1) is 0 Å². The summed E-state index contributed by atoms with van der Waals surface area (Å²) < 4.78 is 56.0. The van der Waals surface area contributed by atoms with E-state index in [4.69, 9.17) is 37.6 Å². The molecule has 0 radical (unpaired) electrons. The number of carbonyl (C=O) groups is 4. The highest BCUT2D eigenvalue weighted by molar-refractivity contribution is 9.11.